The number of rotatable bonds is 6. The van der Waals surface area contributed by atoms with Crippen molar-refractivity contribution in [3.05, 3.63) is 46.7 Å². The first kappa shape index (κ1) is 23.3. The molecule has 1 aliphatic heterocycles. The molecule has 4 rings (SSSR count). The van der Waals surface area contributed by atoms with Gasteiger partial charge in [0, 0.05) is 24.5 Å². The van der Waals surface area contributed by atoms with E-state index in [4.69, 9.17) is 16.3 Å². The lowest BCUT2D eigenvalue weighted by Crippen LogP contribution is -2.26. The zero-order valence-corrected chi connectivity index (χ0v) is 20.5. The van der Waals surface area contributed by atoms with E-state index in [1.54, 1.807) is 20.4 Å². The Hall–Kier alpha value is -2.87. The zero-order valence-electron chi connectivity index (χ0n) is 18.9. The van der Waals surface area contributed by atoms with Crippen LogP contribution in [-0.4, -0.2) is 59.0 Å². The van der Waals surface area contributed by atoms with Crippen molar-refractivity contribution < 1.29 is 14.4 Å². The van der Waals surface area contributed by atoms with Gasteiger partial charge in [-0.25, -0.2) is 9.97 Å². The van der Waals surface area contributed by atoms with Crippen LogP contribution in [-0.2, 0) is 17.5 Å². The number of likely N-dealkylation sites (N-methyl/N-ethyl adjacent to an activating group) is 1. The molecule has 3 heterocycles. The number of methoxy groups -OCH3 is 1. The van der Waals surface area contributed by atoms with Crippen LogP contribution >= 0.6 is 18.7 Å². The normalized spacial score (nSPS) is 14.0. The van der Waals surface area contributed by atoms with Gasteiger partial charge >= 0.3 is 0 Å². The molecule has 174 valence electrons. The number of aromatic nitrogens is 3. The fourth-order valence-corrected chi connectivity index (χ4v) is 4.99. The van der Waals surface area contributed by atoms with Gasteiger partial charge in [-0.3, -0.25) is 0 Å². The van der Waals surface area contributed by atoms with Gasteiger partial charge < -0.3 is 29.9 Å². The molecular formula is C22H26ClN6O3P. The molecule has 2 aromatic heterocycles. The van der Waals surface area contributed by atoms with Crippen LogP contribution in [0.4, 0.5) is 23.1 Å². The van der Waals surface area contributed by atoms with Gasteiger partial charge in [0.15, 0.2) is 5.82 Å². The second-order valence-corrected chi connectivity index (χ2v) is 12.0. The number of anilines is 4. The maximum Gasteiger partial charge on any atom is 0.229 e. The van der Waals surface area contributed by atoms with E-state index < -0.39 is 7.14 Å². The zero-order chi connectivity index (χ0) is 23.8. The molecule has 0 unspecified atom stereocenters. The topological polar surface area (TPSA) is 112 Å². The van der Waals surface area contributed by atoms with Gasteiger partial charge in [0.1, 0.15) is 17.9 Å². The van der Waals surface area contributed by atoms with E-state index in [0.717, 1.165) is 25.2 Å². The molecule has 1 aromatic carbocycles. The van der Waals surface area contributed by atoms with Crippen LogP contribution in [0.2, 0.25) is 5.02 Å². The highest BCUT2D eigenvalue weighted by Gasteiger charge is 2.20. The highest BCUT2D eigenvalue weighted by atomic mass is 35.5. The Morgan fingerprint density at radius 2 is 1.91 bits per heavy atom. The molecule has 1 aliphatic rings. The number of benzene rings is 1. The highest BCUT2D eigenvalue weighted by molar-refractivity contribution is 7.70. The molecule has 0 saturated heterocycles. The van der Waals surface area contributed by atoms with Crippen molar-refractivity contribution in [1.82, 2.24) is 19.9 Å². The van der Waals surface area contributed by atoms with Crippen molar-refractivity contribution in [2.75, 3.05) is 44.7 Å². The monoisotopic (exact) mass is 488 g/mol. The second-order valence-electron chi connectivity index (χ2n) is 8.36. The molecule has 0 aliphatic carbocycles. The van der Waals surface area contributed by atoms with Gasteiger partial charge in [-0.15, -0.1) is 0 Å². The molecule has 0 fully saturated rings. The molecule has 11 heteroatoms. The number of halogens is 1. The smallest absolute Gasteiger partial charge is 0.229 e. The molecule has 9 nitrogen and oxygen atoms in total. The molecule has 0 amide bonds. The van der Waals surface area contributed by atoms with Gasteiger partial charge in [-0.05, 0) is 50.1 Å². The molecule has 3 N–H and O–H groups in total. The Morgan fingerprint density at radius 3 is 2.64 bits per heavy atom. The lowest BCUT2D eigenvalue weighted by atomic mass is 9.99. The van der Waals surface area contributed by atoms with Crippen LogP contribution < -0.4 is 20.7 Å². The molecule has 3 aromatic rings. The van der Waals surface area contributed by atoms with Crippen molar-refractivity contribution in [1.29, 1.82) is 0 Å². The third-order valence-electron chi connectivity index (χ3n) is 5.42. The summed E-state index contributed by atoms with van der Waals surface area (Å²) in [5.74, 6) is 1.12. The van der Waals surface area contributed by atoms with Gasteiger partial charge in [-0.1, -0.05) is 11.6 Å². The summed E-state index contributed by atoms with van der Waals surface area (Å²) in [4.78, 5) is 14.9. The first-order chi connectivity index (χ1) is 15.6. The summed E-state index contributed by atoms with van der Waals surface area (Å²) in [6, 6.07) is 5.49. The maximum atomic E-state index is 12.7. The van der Waals surface area contributed by atoms with E-state index in [1.807, 2.05) is 6.07 Å². The lowest BCUT2D eigenvalue weighted by Gasteiger charge is -2.26. The van der Waals surface area contributed by atoms with Crippen LogP contribution in [0.3, 0.4) is 0 Å². The maximum absolute atomic E-state index is 12.7. The third-order valence-corrected chi connectivity index (χ3v) is 7.22. The van der Waals surface area contributed by atoms with Gasteiger partial charge in [-0.2, -0.15) is 4.98 Å². The van der Waals surface area contributed by atoms with E-state index in [0.29, 0.717) is 28.5 Å². The van der Waals surface area contributed by atoms with Crippen molar-refractivity contribution >= 4 is 47.2 Å². The van der Waals surface area contributed by atoms with E-state index in [-0.39, 0.29) is 10.9 Å². The van der Waals surface area contributed by atoms with Crippen LogP contribution in [0.1, 0.15) is 11.1 Å². The first-order valence-corrected chi connectivity index (χ1v) is 13.3. The predicted octanol–water partition coefficient (Wildman–Crippen LogP) is 3.96. The lowest BCUT2D eigenvalue weighted by molar-refractivity contribution is 0.312. The van der Waals surface area contributed by atoms with Crippen LogP contribution in [0.15, 0.2) is 30.6 Å². The average molecular weight is 489 g/mol. The summed E-state index contributed by atoms with van der Waals surface area (Å²) in [5, 5.41) is 16.8. The minimum atomic E-state index is -2.71. The number of aromatic hydroxyl groups is 1. The van der Waals surface area contributed by atoms with Crippen LogP contribution in [0.25, 0.3) is 0 Å². The van der Waals surface area contributed by atoms with Crippen molar-refractivity contribution in [3.8, 4) is 11.6 Å². The van der Waals surface area contributed by atoms with E-state index >= 15 is 0 Å². The predicted molar refractivity (Wildman–Crippen MR) is 132 cm³/mol. The SMILES string of the molecule is COc1cc2c(cc1Nc1ncc(Cl)c(Nc3cnc(O)cc3P(C)(C)=O)n1)CN(C)CC2. The number of ether oxygens (including phenoxy) is 1. The van der Waals surface area contributed by atoms with Crippen LogP contribution in [0, 0.1) is 0 Å². The fourth-order valence-electron chi connectivity index (χ4n) is 3.73. The Kier molecular flexibility index (Phi) is 6.47. The summed E-state index contributed by atoms with van der Waals surface area (Å²) in [7, 11) is 1.01. The van der Waals surface area contributed by atoms with E-state index in [1.165, 1.54) is 29.6 Å². The van der Waals surface area contributed by atoms with Gasteiger partial charge in [0.05, 0.1) is 30.9 Å². The summed E-state index contributed by atoms with van der Waals surface area (Å²) >= 11 is 6.33. The van der Waals surface area contributed by atoms with Crippen molar-refractivity contribution in [2.24, 2.45) is 0 Å². The van der Waals surface area contributed by atoms with Crippen molar-refractivity contribution in [3.63, 3.8) is 0 Å². The minimum Gasteiger partial charge on any atom is -0.495 e. The fraction of sp³-hybridized carbons (Fsp3) is 0.318. The Labute approximate surface area is 197 Å². The first-order valence-electron chi connectivity index (χ1n) is 10.3. The van der Waals surface area contributed by atoms with Gasteiger partial charge in [0.2, 0.25) is 11.8 Å². The second kappa shape index (κ2) is 9.17. The Bertz CT molecular complexity index is 1250. The molecule has 0 radical (unpaired) electrons. The molecule has 0 saturated carbocycles. The summed E-state index contributed by atoms with van der Waals surface area (Å²) < 4.78 is 18.3. The standard InChI is InChI=1S/C22H26ClN6O3P/c1-29-6-5-13-8-18(32-2)16(7-14(13)12-29)27-22-25-10-15(23)21(28-22)26-17-11-24-20(30)9-19(17)33(3,4)31/h7-11H,5-6,12H2,1-4H3,(H,24,30)(H2,25,26,27,28). The molecule has 0 bridgehead atoms. The van der Waals surface area contributed by atoms with Crippen molar-refractivity contribution in [2.45, 2.75) is 13.0 Å². The number of fused-ring (bicyclic) bond motifs is 1. The molecule has 0 atom stereocenters. The molecule has 33 heavy (non-hydrogen) atoms. The summed E-state index contributed by atoms with van der Waals surface area (Å²) in [6.07, 6.45) is 3.84. The number of nitrogens with zero attached hydrogens (tertiary/aromatic N) is 4. The van der Waals surface area contributed by atoms with Crippen LogP contribution in [0.5, 0.6) is 11.6 Å². The summed E-state index contributed by atoms with van der Waals surface area (Å²) in [5.41, 5.74) is 3.69. The van der Waals surface area contributed by atoms with E-state index in [9.17, 15) is 9.67 Å². The average Bonchev–Trinajstić information content (AvgIpc) is 2.76. The minimum absolute atomic E-state index is 0.208. The molecule has 0 spiro atoms. The highest BCUT2D eigenvalue weighted by Crippen LogP contribution is 2.39. The Morgan fingerprint density at radius 1 is 1.12 bits per heavy atom. The third kappa shape index (κ3) is 5.21. The Balaban J connectivity index is 1.66. The number of hydrogen-bond acceptors (Lipinski definition) is 9. The molecular weight excluding hydrogens is 463 g/mol. The largest absolute Gasteiger partial charge is 0.495 e. The summed E-state index contributed by atoms with van der Waals surface area (Å²) in [6.45, 7) is 5.09. The number of hydrogen-bond donors (Lipinski definition) is 3. The van der Waals surface area contributed by atoms with E-state index in [2.05, 4.69) is 43.6 Å². The van der Waals surface area contributed by atoms with Gasteiger partial charge in [0.25, 0.3) is 0 Å². The quantitative estimate of drug-likeness (QED) is 0.444. The number of nitrogens with one attached hydrogen (secondary N) is 2. The number of pyridine rings is 1.